The number of hydrogen-bond donors (Lipinski definition) is 0. The summed E-state index contributed by atoms with van der Waals surface area (Å²) in [6.07, 6.45) is 11.1. The summed E-state index contributed by atoms with van der Waals surface area (Å²) in [5.74, 6) is 2.96. The Morgan fingerprint density at radius 2 is 1.76 bits per heavy atom. The summed E-state index contributed by atoms with van der Waals surface area (Å²) in [6.45, 7) is 7.46. The van der Waals surface area contributed by atoms with Crippen molar-refractivity contribution in [3.05, 3.63) is 11.1 Å². The van der Waals surface area contributed by atoms with E-state index in [4.69, 9.17) is 0 Å². The van der Waals surface area contributed by atoms with Crippen molar-refractivity contribution in [2.45, 2.75) is 78.6 Å². The third kappa shape index (κ3) is 1.92. The molecular formula is C20H30O. The first kappa shape index (κ1) is 14.0. The van der Waals surface area contributed by atoms with Crippen LogP contribution in [0.25, 0.3) is 0 Å². The zero-order valence-electron chi connectivity index (χ0n) is 14.0. The van der Waals surface area contributed by atoms with Crippen LogP contribution in [0.2, 0.25) is 0 Å². The normalized spacial score (nSPS) is 45.1. The van der Waals surface area contributed by atoms with Gasteiger partial charge in [0.1, 0.15) is 5.78 Å². The molecule has 0 aromatic rings. The molecule has 4 aliphatic rings. The van der Waals surface area contributed by atoms with Crippen molar-refractivity contribution < 1.29 is 4.79 Å². The highest BCUT2D eigenvalue weighted by atomic mass is 16.1. The molecule has 0 aromatic heterocycles. The second-order valence-electron chi connectivity index (χ2n) is 9.16. The second-order valence-corrected chi connectivity index (χ2v) is 9.16. The van der Waals surface area contributed by atoms with Gasteiger partial charge in [0.25, 0.3) is 0 Å². The van der Waals surface area contributed by atoms with Gasteiger partial charge in [-0.2, -0.15) is 0 Å². The Labute approximate surface area is 129 Å². The van der Waals surface area contributed by atoms with E-state index < -0.39 is 0 Å². The topological polar surface area (TPSA) is 17.1 Å². The molecule has 0 amide bonds. The first-order valence-corrected chi connectivity index (χ1v) is 9.16. The fourth-order valence-electron chi connectivity index (χ4n) is 6.52. The molecule has 0 aromatic carbocycles. The molecular weight excluding hydrogens is 256 g/mol. The van der Waals surface area contributed by atoms with Gasteiger partial charge in [0, 0.05) is 12.8 Å². The van der Waals surface area contributed by atoms with Crippen LogP contribution >= 0.6 is 0 Å². The molecule has 4 aliphatic carbocycles. The third-order valence-electron chi connectivity index (χ3n) is 7.88. The summed E-state index contributed by atoms with van der Waals surface area (Å²) in [7, 11) is 0. The Morgan fingerprint density at radius 1 is 0.952 bits per heavy atom. The van der Waals surface area contributed by atoms with Gasteiger partial charge in [-0.25, -0.2) is 0 Å². The molecule has 0 heterocycles. The van der Waals surface area contributed by atoms with Crippen LogP contribution in [-0.2, 0) is 4.79 Å². The summed E-state index contributed by atoms with van der Waals surface area (Å²) in [6, 6.07) is 0. The van der Waals surface area contributed by atoms with Crippen LogP contribution in [0.1, 0.15) is 78.6 Å². The molecule has 2 saturated carbocycles. The van der Waals surface area contributed by atoms with Crippen molar-refractivity contribution in [3.63, 3.8) is 0 Å². The highest BCUT2D eigenvalue weighted by Gasteiger charge is 2.53. The number of fused-ring (bicyclic) bond motifs is 4. The minimum Gasteiger partial charge on any atom is -0.300 e. The average Bonchev–Trinajstić information content (AvgIpc) is 2.76. The van der Waals surface area contributed by atoms with Crippen molar-refractivity contribution in [2.75, 3.05) is 0 Å². The number of rotatable bonds is 0. The minimum absolute atomic E-state index is 0.460. The van der Waals surface area contributed by atoms with E-state index in [2.05, 4.69) is 20.8 Å². The molecule has 0 radical (unpaired) electrons. The van der Waals surface area contributed by atoms with Crippen molar-refractivity contribution in [2.24, 2.45) is 28.6 Å². The number of allylic oxidation sites excluding steroid dienone is 2. The van der Waals surface area contributed by atoms with Gasteiger partial charge in [-0.1, -0.05) is 31.9 Å². The lowest BCUT2D eigenvalue weighted by Crippen LogP contribution is -2.48. The molecule has 0 saturated heterocycles. The van der Waals surface area contributed by atoms with Crippen molar-refractivity contribution in [3.8, 4) is 0 Å². The van der Waals surface area contributed by atoms with Crippen LogP contribution in [0, 0.1) is 28.6 Å². The predicted octanol–water partition coefficient (Wildman–Crippen LogP) is 5.30. The van der Waals surface area contributed by atoms with Crippen LogP contribution < -0.4 is 0 Å². The van der Waals surface area contributed by atoms with E-state index in [1.54, 1.807) is 0 Å². The maximum absolute atomic E-state index is 11.9. The van der Waals surface area contributed by atoms with E-state index in [0.29, 0.717) is 22.5 Å². The molecule has 2 fully saturated rings. The minimum atomic E-state index is 0.460. The molecule has 21 heavy (non-hydrogen) atoms. The molecule has 0 unspecified atom stereocenters. The standard InChI is InChI=1S/C20H30O/c1-19(2)10-9-16-15-5-4-13-12-14(21)8-11-20(13,3)18(15)7-6-17(16)19/h13,15,18H,4-12H2,1-3H3/t13-,15-,18-,20-/m0/s1. The van der Waals surface area contributed by atoms with E-state index in [0.717, 1.165) is 24.7 Å². The zero-order valence-corrected chi connectivity index (χ0v) is 14.0. The van der Waals surface area contributed by atoms with Crippen LogP contribution in [0.5, 0.6) is 0 Å². The fourth-order valence-corrected chi connectivity index (χ4v) is 6.52. The summed E-state index contributed by atoms with van der Waals surface area (Å²) in [5, 5.41) is 0. The van der Waals surface area contributed by atoms with Gasteiger partial charge >= 0.3 is 0 Å². The molecule has 0 aliphatic heterocycles. The Bertz CT molecular complexity index is 512. The van der Waals surface area contributed by atoms with Crippen molar-refractivity contribution in [1.82, 2.24) is 0 Å². The average molecular weight is 286 g/mol. The van der Waals surface area contributed by atoms with E-state index in [1.807, 2.05) is 11.1 Å². The van der Waals surface area contributed by atoms with Crippen molar-refractivity contribution in [1.29, 1.82) is 0 Å². The Balaban J connectivity index is 1.68. The second kappa shape index (κ2) is 4.46. The molecule has 4 atom stereocenters. The van der Waals surface area contributed by atoms with Gasteiger partial charge in [0.15, 0.2) is 0 Å². The van der Waals surface area contributed by atoms with Gasteiger partial charge in [-0.3, -0.25) is 4.79 Å². The third-order valence-corrected chi connectivity index (χ3v) is 7.88. The maximum Gasteiger partial charge on any atom is 0.133 e. The number of hydrogen-bond acceptors (Lipinski definition) is 1. The number of carbonyl (C=O) groups is 1. The van der Waals surface area contributed by atoms with Gasteiger partial charge < -0.3 is 0 Å². The van der Waals surface area contributed by atoms with Gasteiger partial charge in [0.05, 0.1) is 0 Å². The van der Waals surface area contributed by atoms with Crippen molar-refractivity contribution >= 4 is 5.78 Å². The van der Waals surface area contributed by atoms with Crippen LogP contribution in [0.15, 0.2) is 11.1 Å². The molecule has 0 bridgehead atoms. The Hall–Kier alpha value is -0.590. The molecule has 4 rings (SSSR count). The van der Waals surface area contributed by atoms with E-state index in [-0.39, 0.29) is 0 Å². The van der Waals surface area contributed by atoms with Gasteiger partial charge in [-0.05, 0) is 73.5 Å². The van der Waals surface area contributed by atoms with E-state index in [9.17, 15) is 4.79 Å². The molecule has 116 valence electrons. The van der Waals surface area contributed by atoms with Crippen LogP contribution in [0.3, 0.4) is 0 Å². The Kier molecular flexibility index (Phi) is 2.98. The van der Waals surface area contributed by atoms with Gasteiger partial charge in [-0.15, -0.1) is 0 Å². The lowest BCUT2D eigenvalue weighted by Gasteiger charge is -2.55. The molecule has 1 nitrogen and oxygen atoms in total. The lowest BCUT2D eigenvalue weighted by atomic mass is 9.49. The molecule has 0 spiro atoms. The maximum atomic E-state index is 11.9. The summed E-state index contributed by atoms with van der Waals surface area (Å²) in [5.41, 5.74) is 4.63. The summed E-state index contributed by atoms with van der Waals surface area (Å²) >= 11 is 0. The largest absolute Gasteiger partial charge is 0.300 e. The van der Waals surface area contributed by atoms with Gasteiger partial charge in [0.2, 0.25) is 0 Å². The zero-order chi connectivity index (χ0) is 14.8. The molecule has 0 N–H and O–H groups in total. The highest BCUT2D eigenvalue weighted by molar-refractivity contribution is 5.79. The van der Waals surface area contributed by atoms with Crippen LogP contribution in [-0.4, -0.2) is 5.78 Å². The van der Waals surface area contributed by atoms with E-state index >= 15 is 0 Å². The number of Topliss-reactive ketones (excluding diaryl/α,β-unsaturated/α-hetero) is 1. The predicted molar refractivity (Wildman–Crippen MR) is 85.9 cm³/mol. The number of carbonyl (C=O) groups excluding carboxylic acids is 1. The molecule has 1 heteroatoms. The quantitative estimate of drug-likeness (QED) is 0.552. The smallest absolute Gasteiger partial charge is 0.133 e. The van der Waals surface area contributed by atoms with Crippen LogP contribution in [0.4, 0.5) is 0 Å². The number of ketones is 1. The first-order valence-electron chi connectivity index (χ1n) is 9.16. The SMILES string of the molecule is CC1(C)CCC2=C1CC[C@H]1[C@H]2CC[C@H]2CC(=O)CC[C@@]21C. The Morgan fingerprint density at radius 3 is 2.57 bits per heavy atom. The highest BCUT2D eigenvalue weighted by Crippen LogP contribution is 2.63. The summed E-state index contributed by atoms with van der Waals surface area (Å²) < 4.78 is 0. The lowest BCUT2D eigenvalue weighted by molar-refractivity contribution is -0.129. The summed E-state index contributed by atoms with van der Waals surface area (Å²) in [4.78, 5) is 11.9. The first-order chi connectivity index (χ1) is 9.92. The fraction of sp³-hybridized carbons (Fsp3) is 0.850. The monoisotopic (exact) mass is 286 g/mol. The van der Waals surface area contributed by atoms with E-state index in [1.165, 1.54) is 44.9 Å².